The molecule has 0 amide bonds. The smallest absolute Gasteiger partial charge is 0.317 e. The highest BCUT2D eigenvalue weighted by molar-refractivity contribution is 6.01. The van der Waals surface area contributed by atoms with Crippen LogP contribution in [-0.4, -0.2) is 51.4 Å². The molecule has 1 fully saturated rings. The number of ether oxygens (including phenoxy) is 1. The van der Waals surface area contributed by atoms with Crippen molar-refractivity contribution in [2.24, 2.45) is 17.3 Å². The second-order valence-corrected chi connectivity index (χ2v) is 8.71. The highest BCUT2D eigenvalue weighted by Gasteiger charge is 2.46. The maximum absolute atomic E-state index is 12.6. The number of carboxylic acids is 1. The normalized spacial score (nSPS) is 24.0. The van der Waals surface area contributed by atoms with Gasteiger partial charge in [0.05, 0.1) is 12.2 Å². The summed E-state index contributed by atoms with van der Waals surface area (Å²) < 4.78 is 5.36. The molecular formula is C23H36O7. The molecule has 3 N–H and O–H groups in total. The van der Waals surface area contributed by atoms with Crippen LogP contribution in [0.2, 0.25) is 0 Å². The molecule has 30 heavy (non-hydrogen) atoms. The molecule has 1 saturated carbocycles. The number of aliphatic carboxylic acids is 1. The molecule has 0 aromatic carbocycles. The third kappa shape index (κ3) is 7.69. The van der Waals surface area contributed by atoms with Crippen molar-refractivity contribution >= 4 is 17.7 Å². The lowest BCUT2D eigenvalue weighted by Crippen LogP contribution is -2.32. The fourth-order valence-electron chi connectivity index (χ4n) is 3.61. The first kappa shape index (κ1) is 26.0. The second-order valence-electron chi connectivity index (χ2n) is 8.71. The van der Waals surface area contributed by atoms with E-state index < -0.39 is 47.9 Å². The molecule has 170 valence electrons. The molecule has 0 aromatic rings. The topological polar surface area (TPSA) is 121 Å². The zero-order chi connectivity index (χ0) is 22.9. The number of carbonyl (C=O) groups is 3. The summed E-state index contributed by atoms with van der Waals surface area (Å²) in [6, 6.07) is 0. The van der Waals surface area contributed by atoms with Gasteiger partial charge in [-0.05, 0) is 24.7 Å². The van der Waals surface area contributed by atoms with Gasteiger partial charge in [0, 0.05) is 18.8 Å². The van der Waals surface area contributed by atoms with Crippen LogP contribution in [0.25, 0.3) is 0 Å². The van der Waals surface area contributed by atoms with Crippen LogP contribution in [0.15, 0.2) is 24.8 Å². The zero-order valence-electron chi connectivity index (χ0n) is 18.3. The Morgan fingerprint density at radius 3 is 2.57 bits per heavy atom. The van der Waals surface area contributed by atoms with Crippen LogP contribution in [0.1, 0.15) is 65.7 Å². The van der Waals surface area contributed by atoms with Crippen molar-refractivity contribution in [2.45, 2.75) is 84.0 Å². The summed E-state index contributed by atoms with van der Waals surface area (Å²) in [5.41, 5.74) is -0.367. The van der Waals surface area contributed by atoms with Crippen molar-refractivity contribution in [2.75, 3.05) is 0 Å². The second kappa shape index (κ2) is 12.0. The standard InChI is InChI=1S/C23H36O7/c1-5-7-13-23(3,4)19(26)12-11-16-17(24)14-18(25)21(16)22(29)30-15(6-2)9-8-10-20(27)28/h6,11-12,15-17,19,21,24,26H,2,5,7-10,13-14H2,1,3-4H3,(H,27,28)/b12-11+/t15?,16-,17+,19-,21+/m0/s1. The van der Waals surface area contributed by atoms with Gasteiger partial charge in [0.2, 0.25) is 0 Å². The van der Waals surface area contributed by atoms with Crippen LogP contribution < -0.4 is 0 Å². The van der Waals surface area contributed by atoms with E-state index in [0.29, 0.717) is 6.42 Å². The third-order valence-corrected chi connectivity index (χ3v) is 5.74. The van der Waals surface area contributed by atoms with E-state index in [1.165, 1.54) is 6.08 Å². The summed E-state index contributed by atoms with van der Waals surface area (Å²) in [7, 11) is 0. The Kier molecular flexibility index (Phi) is 10.4. The van der Waals surface area contributed by atoms with E-state index in [4.69, 9.17) is 9.84 Å². The minimum Gasteiger partial charge on any atom is -0.481 e. The average molecular weight is 425 g/mol. The Hall–Kier alpha value is -1.99. The lowest BCUT2D eigenvalue weighted by Gasteiger charge is -2.29. The monoisotopic (exact) mass is 424 g/mol. The molecule has 0 heterocycles. The van der Waals surface area contributed by atoms with E-state index in [0.717, 1.165) is 19.3 Å². The summed E-state index contributed by atoms with van der Waals surface area (Å²) in [5, 5.41) is 29.5. The summed E-state index contributed by atoms with van der Waals surface area (Å²) in [4.78, 5) is 35.6. The van der Waals surface area contributed by atoms with Crippen molar-refractivity contribution in [1.29, 1.82) is 0 Å². The number of esters is 1. The van der Waals surface area contributed by atoms with Gasteiger partial charge < -0.3 is 20.1 Å². The van der Waals surface area contributed by atoms with Crippen LogP contribution in [-0.2, 0) is 19.1 Å². The number of unbranched alkanes of at least 4 members (excludes halogenated alkanes) is 1. The number of carboxylic acid groups (broad SMARTS) is 1. The van der Waals surface area contributed by atoms with Crippen LogP contribution in [0.4, 0.5) is 0 Å². The van der Waals surface area contributed by atoms with E-state index in [1.54, 1.807) is 12.2 Å². The predicted molar refractivity (Wildman–Crippen MR) is 113 cm³/mol. The number of hydrogen-bond donors (Lipinski definition) is 3. The first-order valence-corrected chi connectivity index (χ1v) is 10.7. The Morgan fingerprint density at radius 2 is 2.00 bits per heavy atom. The fourth-order valence-corrected chi connectivity index (χ4v) is 3.61. The molecular weight excluding hydrogens is 388 g/mol. The minimum atomic E-state index is -1.15. The summed E-state index contributed by atoms with van der Waals surface area (Å²) >= 11 is 0. The zero-order valence-corrected chi connectivity index (χ0v) is 18.3. The van der Waals surface area contributed by atoms with Crippen molar-refractivity contribution in [3.63, 3.8) is 0 Å². The first-order valence-electron chi connectivity index (χ1n) is 10.7. The molecule has 1 rings (SSSR count). The lowest BCUT2D eigenvalue weighted by atomic mass is 9.80. The summed E-state index contributed by atoms with van der Waals surface area (Å²) in [6.07, 6.45) is 5.21. The number of rotatable bonds is 13. The molecule has 1 aliphatic rings. The van der Waals surface area contributed by atoms with Gasteiger partial charge in [-0.15, -0.1) is 0 Å². The van der Waals surface area contributed by atoms with E-state index in [-0.39, 0.29) is 24.7 Å². The number of aliphatic hydroxyl groups is 2. The van der Waals surface area contributed by atoms with Crippen molar-refractivity contribution in [1.82, 2.24) is 0 Å². The molecule has 0 aromatic heterocycles. The van der Waals surface area contributed by atoms with Gasteiger partial charge in [-0.1, -0.05) is 58.4 Å². The Balaban J connectivity index is 2.83. The molecule has 0 aliphatic heterocycles. The summed E-state index contributed by atoms with van der Waals surface area (Å²) in [5.74, 6) is -4.03. The number of Topliss-reactive ketones (excluding diaryl/α,β-unsaturated/α-hetero) is 1. The SMILES string of the molecule is C=CC(CCCC(=O)O)OC(=O)[C@H]1C(=O)C[C@@H](O)[C@@H]1/C=C/[C@H](O)C(C)(C)CCCC. The number of aliphatic hydroxyl groups excluding tert-OH is 2. The van der Waals surface area contributed by atoms with Gasteiger partial charge in [0.15, 0.2) is 0 Å². The molecule has 7 heteroatoms. The maximum Gasteiger partial charge on any atom is 0.317 e. The van der Waals surface area contributed by atoms with Crippen LogP contribution >= 0.6 is 0 Å². The molecule has 0 spiro atoms. The molecule has 7 nitrogen and oxygen atoms in total. The third-order valence-electron chi connectivity index (χ3n) is 5.74. The average Bonchev–Trinajstić information content (AvgIpc) is 2.96. The van der Waals surface area contributed by atoms with Crippen LogP contribution in [0, 0.1) is 17.3 Å². The highest BCUT2D eigenvalue weighted by Crippen LogP contribution is 2.34. The van der Waals surface area contributed by atoms with Gasteiger partial charge in [-0.3, -0.25) is 14.4 Å². The van der Waals surface area contributed by atoms with Crippen LogP contribution in [0.3, 0.4) is 0 Å². The quantitative estimate of drug-likeness (QED) is 0.236. The van der Waals surface area contributed by atoms with Gasteiger partial charge in [0.25, 0.3) is 0 Å². The van der Waals surface area contributed by atoms with E-state index in [9.17, 15) is 24.6 Å². The highest BCUT2D eigenvalue weighted by atomic mass is 16.5. The van der Waals surface area contributed by atoms with Gasteiger partial charge in [-0.2, -0.15) is 0 Å². The fraction of sp³-hybridized carbons (Fsp3) is 0.696. The van der Waals surface area contributed by atoms with Gasteiger partial charge in [-0.25, -0.2) is 0 Å². The van der Waals surface area contributed by atoms with Crippen molar-refractivity contribution < 1.29 is 34.4 Å². The Morgan fingerprint density at radius 1 is 1.33 bits per heavy atom. The molecule has 5 atom stereocenters. The first-order chi connectivity index (χ1) is 14.0. The number of hydrogen-bond acceptors (Lipinski definition) is 6. The molecule has 0 radical (unpaired) electrons. The largest absolute Gasteiger partial charge is 0.481 e. The van der Waals surface area contributed by atoms with E-state index in [1.807, 2.05) is 13.8 Å². The van der Waals surface area contributed by atoms with Crippen molar-refractivity contribution in [3.05, 3.63) is 24.8 Å². The number of carbonyl (C=O) groups excluding carboxylic acids is 2. The predicted octanol–water partition coefficient (Wildman–Crippen LogP) is 3.04. The Labute approximate surface area is 178 Å². The molecule has 1 unspecified atom stereocenters. The molecule has 0 saturated heterocycles. The Bertz CT molecular complexity index is 637. The van der Waals surface area contributed by atoms with E-state index in [2.05, 4.69) is 13.5 Å². The van der Waals surface area contributed by atoms with Crippen LogP contribution in [0.5, 0.6) is 0 Å². The summed E-state index contributed by atoms with van der Waals surface area (Å²) in [6.45, 7) is 9.57. The van der Waals surface area contributed by atoms with Crippen molar-refractivity contribution in [3.8, 4) is 0 Å². The van der Waals surface area contributed by atoms with E-state index >= 15 is 0 Å². The number of ketones is 1. The van der Waals surface area contributed by atoms with Gasteiger partial charge >= 0.3 is 11.9 Å². The lowest BCUT2D eigenvalue weighted by molar-refractivity contribution is -0.155. The minimum absolute atomic E-state index is 0.0555. The van der Waals surface area contributed by atoms with Gasteiger partial charge in [0.1, 0.15) is 17.8 Å². The maximum atomic E-state index is 12.6. The molecule has 0 bridgehead atoms. The molecule has 1 aliphatic carbocycles.